The van der Waals surface area contributed by atoms with E-state index in [1.807, 2.05) is 29.2 Å². The fourth-order valence-electron chi connectivity index (χ4n) is 2.98. The Morgan fingerprint density at radius 2 is 1.79 bits per heavy atom. The molecule has 8 heteroatoms. The molecule has 1 N–H and O–H groups in total. The number of hydrogen-bond donors (Lipinski definition) is 1. The van der Waals surface area contributed by atoms with Crippen LogP contribution >= 0.6 is 0 Å². The third-order valence-electron chi connectivity index (χ3n) is 4.71. The van der Waals surface area contributed by atoms with E-state index < -0.39 is 0 Å². The number of aromatic nitrogens is 2. The SMILES string of the molecule is CCN1CCN(C(=O)c2cnc(NCCOc3ccc(OC)cc3)cn2)CC1. The zero-order chi connectivity index (χ0) is 19.8. The van der Waals surface area contributed by atoms with E-state index in [0.717, 1.165) is 44.2 Å². The number of methoxy groups -OCH3 is 1. The second kappa shape index (κ2) is 9.89. The van der Waals surface area contributed by atoms with E-state index in [1.54, 1.807) is 13.3 Å². The monoisotopic (exact) mass is 385 g/mol. The van der Waals surface area contributed by atoms with Crippen LogP contribution in [0.3, 0.4) is 0 Å². The molecule has 1 aromatic heterocycles. The molecular weight excluding hydrogens is 358 g/mol. The predicted octanol–water partition coefficient (Wildman–Crippen LogP) is 1.75. The van der Waals surface area contributed by atoms with Gasteiger partial charge in [0.2, 0.25) is 0 Å². The van der Waals surface area contributed by atoms with E-state index >= 15 is 0 Å². The zero-order valence-corrected chi connectivity index (χ0v) is 16.4. The van der Waals surface area contributed by atoms with E-state index in [2.05, 4.69) is 27.1 Å². The summed E-state index contributed by atoms with van der Waals surface area (Å²) >= 11 is 0. The lowest BCUT2D eigenvalue weighted by Crippen LogP contribution is -2.48. The van der Waals surface area contributed by atoms with Gasteiger partial charge < -0.3 is 24.6 Å². The van der Waals surface area contributed by atoms with E-state index in [-0.39, 0.29) is 5.91 Å². The van der Waals surface area contributed by atoms with Crippen LogP contribution in [0.5, 0.6) is 11.5 Å². The summed E-state index contributed by atoms with van der Waals surface area (Å²) in [6, 6.07) is 7.43. The van der Waals surface area contributed by atoms with Gasteiger partial charge in [-0.25, -0.2) is 9.97 Å². The molecule has 0 spiro atoms. The summed E-state index contributed by atoms with van der Waals surface area (Å²) in [5, 5.41) is 3.14. The molecular formula is C20H27N5O3. The standard InChI is InChI=1S/C20H27N5O3/c1-3-24-9-11-25(12-10-24)20(26)18-14-23-19(15-22-18)21-8-13-28-17-6-4-16(27-2)5-7-17/h4-7,14-15H,3,8-13H2,1-2H3,(H,21,23). The third kappa shape index (κ3) is 5.32. The summed E-state index contributed by atoms with van der Waals surface area (Å²) in [4.78, 5) is 25.2. The van der Waals surface area contributed by atoms with Crippen LogP contribution in [-0.2, 0) is 0 Å². The largest absolute Gasteiger partial charge is 0.497 e. The Hall–Kier alpha value is -2.87. The summed E-state index contributed by atoms with van der Waals surface area (Å²) in [5.41, 5.74) is 0.380. The number of carbonyl (C=O) groups excluding carboxylic acids is 1. The number of likely N-dealkylation sites (N-methyl/N-ethyl adjacent to an activating group) is 1. The molecule has 1 amide bonds. The predicted molar refractivity (Wildman–Crippen MR) is 107 cm³/mol. The van der Waals surface area contributed by atoms with Crippen molar-refractivity contribution in [3.05, 3.63) is 42.4 Å². The highest BCUT2D eigenvalue weighted by Crippen LogP contribution is 2.16. The van der Waals surface area contributed by atoms with Gasteiger partial charge in [-0.2, -0.15) is 0 Å². The molecule has 1 saturated heterocycles. The highest BCUT2D eigenvalue weighted by atomic mass is 16.5. The fourth-order valence-corrected chi connectivity index (χ4v) is 2.98. The van der Waals surface area contributed by atoms with Gasteiger partial charge in [-0.1, -0.05) is 6.92 Å². The average Bonchev–Trinajstić information content (AvgIpc) is 2.77. The summed E-state index contributed by atoms with van der Waals surface area (Å²) < 4.78 is 10.8. The number of ether oxygens (including phenoxy) is 2. The molecule has 8 nitrogen and oxygen atoms in total. The van der Waals surface area contributed by atoms with Gasteiger partial charge in [0.1, 0.15) is 29.6 Å². The minimum atomic E-state index is -0.0577. The highest BCUT2D eigenvalue weighted by molar-refractivity contribution is 5.92. The number of piperazine rings is 1. The van der Waals surface area contributed by atoms with Gasteiger partial charge in [-0.15, -0.1) is 0 Å². The van der Waals surface area contributed by atoms with Crippen LogP contribution < -0.4 is 14.8 Å². The fraction of sp³-hybridized carbons (Fsp3) is 0.450. The number of benzene rings is 1. The Labute approximate surface area is 165 Å². The average molecular weight is 385 g/mol. The third-order valence-corrected chi connectivity index (χ3v) is 4.71. The Kier molecular flexibility index (Phi) is 7.02. The topological polar surface area (TPSA) is 79.8 Å². The number of amides is 1. The van der Waals surface area contributed by atoms with E-state index in [9.17, 15) is 4.79 Å². The van der Waals surface area contributed by atoms with Crippen molar-refractivity contribution in [2.75, 3.05) is 58.3 Å². The maximum Gasteiger partial charge on any atom is 0.274 e. The first-order valence-corrected chi connectivity index (χ1v) is 9.54. The molecule has 0 atom stereocenters. The maximum atomic E-state index is 12.5. The van der Waals surface area contributed by atoms with Crippen LogP contribution in [0.1, 0.15) is 17.4 Å². The van der Waals surface area contributed by atoms with Crippen molar-refractivity contribution in [1.29, 1.82) is 0 Å². The van der Waals surface area contributed by atoms with Gasteiger partial charge in [0, 0.05) is 26.2 Å². The highest BCUT2D eigenvalue weighted by Gasteiger charge is 2.22. The quantitative estimate of drug-likeness (QED) is 0.694. The molecule has 0 radical (unpaired) electrons. The molecule has 2 heterocycles. The first kappa shape index (κ1) is 19.9. The van der Waals surface area contributed by atoms with Crippen molar-refractivity contribution in [3.63, 3.8) is 0 Å². The van der Waals surface area contributed by atoms with Gasteiger partial charge in [0.25, 0.3) is 5.91 Å². The zero-order valence-electron chi connectivity index (χ0n) is 16.4. The lowest BCUT2D eigenvalue weighted by Gasteiger charge is -2.33. The number of carbonyl (C=O) groups is 1. The molecule has 150 valence electrons. The van der Waals surface area contributed by atoms with Crippen LogP contribution in [0.2, 0.25) is 0 Å². The van der Waals surface area contributed by atoms with Gasteiger partial charge >= 0.3 is 0 Å². The van der Waals surface area contributed by atoms with Crippen LogP contribution in [0.15, 0.2) is 36.7 Å². The minimum absolute atomic E-state index is 0.0577. The Morgan fingerprint density at radius 3 is 2.39 bits per heavy atom. The molecule has 1 aliphatic heterocycles. The second-order valence-corrected chi connectivity index (χ2v) is 6.46. The summed E-state index contributed by atoms with van der Waals surface area (Å²) in [6.07, 6.45) is 3.12. The Morgan fingerprint density at radius 1 is 1.07 bits per heavy atom. The first-order valence-electron chi connectivity index (χ1n) is 9.54. The maximum absolute atomic E-state index is 12.5. The van der Waals surface area contributed by atoms with Crippen molar-refractivity contribution < 1.29 is 14.3 Å². The van der Waals surface area contributed by atoms with E-state index in [4.69, 9.17) is 9.47 Å². The molecule has 0 unspecified atom stereocenters. The lowest BCUT2D eigenvalue weighted by atomic mass is 10.3. The van der Waals surface area contributed by atoms with Crippen molar-refractivity contribution in [2.24, 2.45) is 0 Å². The lowest BCUT2D eigenvalue weighted by molar-refractivity contribution is 0.0637. The summed E-state index contributed by atoms with van der Waals surface area (Å²) in [6.45, 7) is 7.49. The normalized spacial score (nSPS) is 14.6. The molecule has 1 aromatic carbocycles. The molecule has 2 aromatic rings. The van der Waals surface area contributed by atoms with Crippen molar-refractivity contribution >= 4 is 11.7 Å². The summed E-state index contributed by atoms with van der Waals surface area (Å²) in [7, 11) is 1.63. The van der Waals surface area contributed by atoms with Crippen LogP contribution in [-0.4, -0.2) is 78.7 Å². The number of hydrogen-bond acceptors (Lipinski definition) is 7. The van der Waals surface area contributed by atoms with E-state index in [0.29, 0.717) is 24.7 Å². The number of nitrogens with one attached hydrogen (secondary N) is 1. The molecule has 28 heavy (non-hydrogen) atoms. The number of anilines is 1. The minimum Gasteiger partial charge on any atom is -0.497 e. The molecule has 3 rings (SSSR count). The molecule has 0 bridgehead atoms. The van der Waals surface area contributed by atoms with Gasteiger partial charge in [0.05, 0.1) is 26.0 Å². The van der Waals surface area contributed by atoms with Crippen molar-refractivity contribution in [2.45, 2.75) is 6.92 Å². The molecule has 0 aliphatic carbocycles. The van der Waals surface area contributed by atoms with Crippen molar-refractivity contribution in [3.8, 4) is 11.5 Å². The molecule has 1 fully saturated rings. The number of rotatable bonds is 8. The van der Waals surface area contributed by atoms with Crippen molar-refractivity contribution in [1.82, 2.24) is 19.8 Å². The molecule has 1 aliphatic rings. The summed E-state index contributed by atoms with van der Waals surface area (Å²) in [5.74, 6) is 2.13. The molecule has 0 saturated carbocycles. The van der Waals surface area contributed by atoms with Gasteiger partial charge in [-0.05, 0) is 30.8 Å². The smallest absolute Gasteiger partial charge is 0.274 e. The van der Waals surface area contributed by atoms with Gasteiger partial charge in [-0.3, -0.25) is 4.79 Å². The Bertz CT molecular complexity index is 743. The van der Waals surface area contributed by atoms with Gasteiger partial charge in [0.15, 0.2) is 0 Å². The first-order chi connectivity index (χ1) is 13.7. The van der Waals surface area contributed by atoms with E-state index in [1.165, 1.54) is 6.20 Å². The second-order valence-electron chi connectivity index (χ2n) is 6.46. The van der Waals surface area contributed by atoms with Crippen LogP contribution in [0, 0.1) is 0 Å². The Balaban J connectivity index is 1.42. The van der Waals surface area contributed by atoms with Crippen LogP contribution in [0.25, 0.3) is 0 Å². The van der Waals surface area contributed by atoms with Crippen LogP contribution in [0.4, 0.5) is 5.82 Å². The number of nitrogens with zero attached hydrogens (tertiary/aromatic N) is 4.